The number of aryl methyl sites for hydroxylation is 1. The molecule has 1 aromatic carbocycles. The molecule has 0 atom stereocenters. The Morgan fingerprint density at radius 1 is 1.50 bits per heavy atom. The van der Waals surface area contributed by atoms with Crippen molar-refractivity contribution in [3.8, 4) is 0 Å². The van der Waals surface area contributed by atoms with Crippen LogP contribution in [0.2, 0.25) is 5.02 Å². The summed E-state index contributed by atoms with van der Waals surface area (Å²) in [5, 5.41) is 7.87. The van der Waals surface area contributed by atoms with Gasteiger partial charge in [0.05, 0.1) is 16.4 Å². The first-order valence-electron chi connectivity index (χ1n) is 4.57. The molecule has 1 aromatic heterocycles. The van der Waals surface area contributed by atoms with Crippen LogP contribution in [0.3, 0.4) is 0 Å². The lowest BCUT2D eigenvalue weighted by molar-refractivity contribution is 0.771. The van der Waals surface area contributed by atoms with E-state index in [1.54, 1.807) is 10.9 Å². The summed E-state index contributed by atoms with van der Waals surface area (Å²) in [4.78, 5) is 0. The maximum absolute atomic E-state index is 6.07. The van der Waals surface area contributed by atoms with Crippen LogP contribution in [-0.2, 0) is 7.05 Å². The van der Waals surface area contributed by atoms with Crippen molar-refractivity contribution in [2.75, 3.05) is 11.1 Å². The van der Waals surface area contributed by atoms with Gasteiger partial charge in [-0.25, -0.2) is 0 Å². The maximum atomic E-state index is 6.07. The smallest absolute Gasteiger partial charge is 0.175 e. The van der Waals surface area contributed by atoms with E-state index in [0.717, 1.165) is 10.2 Å². The van der Waals surface area contributed by atoms with Gasteiger partial charge in [0, 0.05) is 17.7 Å². The third-order valence-corrected chi connectivity index (χ3v) is 2.85. The number of halogens is 2. The van der Waals surface area contributed by atoms with Crippen LogP contribution >= 0.6 is 27.5 Å². The molecule has 0 saturated carbocycles. The zero-order valence-electron chi connectivity index (χ0n) is 8.54. The van der Waals surface area contributed by atoms with Gasteiger partial charge in [0.2, 0.25) is 0 Å². The van der Waals surface area contributed by atoms with Crippen LogP contribution in [0.5, 0.6) is 0 Å². The van der Waals surface area contributed by atoms with E-state index >= 15 is 0 Å². The van der Waals surface area contributed by atoms with E-state index in [4.69, 9.17) is 17.3 Å². The van der Waals surface area contributed by atoms with E-state index < -0.39 is 0 Å². The molecular formula is C10H10BrClN4. The molecule has 2 aromatic rings. The highest BCUT2D eigenvalue weighted by molar-refractivity contribution is 9.10. The van der Waals surface area contributed by atoms with Gasteiger partial charge in [-0.15, -0.1) is 0 Å². The lowest BCUT2D eigenvalue weighted by Gasteiger charge is -2.06. The van der Waals surface area contributed by atoms with Crippen molar-refractivity contribution in [2.45, 2.75) is 0 Å². The van der Waals surface area contributed by atoms with Crippen molar-refractivity contribution in [1.29, 1.82) is 0 Å². The van der Waals surface area contributed by atoms with Crippen LogP contribution in [0.25, 0.3) is 0 Å². The molecule has 0 bridgehead atoms. The summed E-state index contributed by atoms with van der Waals surface area (Å²) in [6.07, 6.45) is 1.73. The summed E-state index contributed by atoms with van der Waals surface area (Å²) in [5.41, 5.74) is 7.13. The largest absolute Gasteiger partial charge is 0.394 e. The predicted molar refractivity (Wildman–Crippen MR) is 70.1 cm³/mol. The van der Waals surface area contributed by atoms with E-state index in [-0.39, 0.29) is 0 Å². The first kappa shape index (κ1) is 11.3. The second-order valence-corrected chi connectivity index (χ2v) is 4.68. The van der Waals surface area contributed by atoms with E-state index in [0.29, 0.717) is 16.5 Å². The number of hydrogen-bond acceptors (Lipinski definition) is 3. The second kappa shape index (κ2) is 4.35. The fraction of sp³-hybridized carbons (Fsp3) is 0.100. The van der Waals surface area contributed by atoms with Crippen LogP contribution in [0.1, 0.15) is 0 Å². The first-order valence-corrected chi connectivity index (χ1v) is 5.74. The molecular weight excluding hydrogens is 291 g/mol. The van der Waals surface area contributed by atoms with Gasteiger partial charge in [0.25, 0.3) is 0 Å². The standard InChI is InChI=1S/C10H10BrClN4/c1-16-5-8(13)10(15-16)14-9-3-2-6(11)4-7(9)12/h2-5H,13H2,1H3,(H,14,15). The Morgan fingerprint density at radius 3 is 2.81 bits per heavy atom. The van der Waals surface area contributed by atoms with E-state index in [2.05, 4.69) is 26.3 Å². The third kappa shape index (κ3) is 2.31. The van der Waals surface area contributed by atoms with E-state index in [1.807, 2.05) is 25.2 Å². The number of rotatable bonds is 2. The van der Waals surface area contributed by atoms with Gasteiger partial charge in [0.1, 0.15) is 0 Å². The Morgan fingerprint density at radius 2 is 2.25 bits per heavy atom. The molecule has 0 aliphatic rings. The number of aromatic nitrogens is 2. The second-order valence-electron chi connectivity index (χ2n) is 3.36. The van der Waals surface area contributed by atoms with Gasteiger partial charge >= 0.3 is 0 Å². The molecule has 0 saturated heterocycles. The quantitative estimate of drug-likeness (QED) is 0.896. The maximum Gasteiger partial charge on any atom is 0.175 e. The average molecular weight is 302 g/mol. The number of nitrogens with two attached hydrogens (primary N) is 1. The molecule has 6 heteroatoms. The van der Waals surface area contributed by atoms with Gasteiger partial charge in [-0.2, -0.15) is 5.10 Å². The highest BCUT2D eigenvalue weighted by atomic mass is 79.9. The van der Waals surface area contributed by atoms with Gasteiger partial charge < -0.3 is 11.1 Å². The van der Waals surface area contributed by atoms with Gasteiger partial charge in [-0.05, 0) is 18.2 Å². The Labute approximate surface area is 107 Å². The molecule has 0 amide bonds. The van der Waals surface area contributed by atoms with Gasteiger partial charge in [-0.3, -0.25) is 4.68 Å². The highest BCUT2D eigenvalue weighted by Crippen LogP contribution is 2.29. The van der Waals surface area contributed by atoms with Crippen molar-refractivity contribution in [3.05, 3.63) is 33.9 Å². The van der Waals surface area contributed by atoms with Crippen LogP contribution in [0.4, 0.5) is 17.2 Å². The molecule has 0 unspecified atom stereocenters. The lowest BCUT2D eigenvalue weighted by Crippen LogP contribution is -1.96. The minimum atomic E-state index is 0.585. The minimum absolute atomic E-state index is 0.585. The number of hydrogen-bond donors (Lipinski definition) is 2. The van der Waals surface area contributed by atoms with Crippen molar-refractivity contribution in [3.63, 3.8) is 0 Å². The first-order chi connectivity index (χ1) is 7.56. The average Bonchev–Trinajstić information content (AvgIpc) is 2.50. The van der Waals surface area contributed by atoms with E-state index in [1.165, 1.54) is 0 Å². The summed E-state index contributed by atoms with van der Waals surface area (Å²) < 4.78 is 2.57. The van der Waals surface area contributed by atoms with Crippen molar-refractivity contribution < 1.29 is 0 Å². The number of nitrogens with one attached hydrogen (secondary N) is 1. The normalized spacial score (nSPS) is 10.4. The monoisotopic (exact) mass is 300 g/mol. The van der Waals surface area contributed by atoms with Crippen LogP contribution in [-0.4, -0.2) is 9.78 Å². The van der Waals surface area contributed by atoms with E-state index in [9.17, 15) is 0 Å². The number of benzene rings is 1. The third-order valence-electron chi connectivity index (χ3n) is 2.04. The molecule has 3 N–H and O–H groups in total. The molecule has 0 aliphatic heterocycles. The zero-order chi connectivity index (χ0) is 11.7. The molecule has 84 valence electrons. The summed E-state index contributed by atoms with van der Waals surface area (Å²) in [7, 11) is 1.81. The molecule has 4 nitrogen and oxygen atoms in total. The molecule has 2 rings (SSSR count). The summed E-state index contributed by atoms with van der Waals surface area (Å²) in [6.45, 7) is 0. The predicted octanol–water partition coefficient (Wildman–Crippen LogP) is 3.16. The SMILES string of the molecule is Cn1cc(N)c(Nc2ccc(Br)cc2Cl)n1. The highest BCUT2D eigenvalue weighted by Gasteiger charge is 2.07. The molecule has 1 heterocycles. The Bertz CT molecular complexity index is 524. The number of nitrogens with zero attached hydrogens (tertiary/aromatic N) is 2. The van der Waals surface area contributed by atoms with Gasteiger partial charge in [0.15, 0.2) is 5.82 Å². The van der Waals surface area contributed by atoms with Gasteiger partial charge in [-0.1, -0.05) is 27.5 Å². The van der Waals surface area contributed by atoms with Crippen molar-refractivity contribution in [1.82, 2.24) is 9.78 Å². The lowest BCUT2D eigenvalue weighted by atomic mass is 10.3. The summed E-state index contributed by atoms with van der Waals surface area (Å²) >= 11 is 9.41. The van der Waals surface area contributed by atoms with Crippen molar-refractivity contribution in [2.24, 2.45) is 7.05 Å². The molecule has 0 spiro atoms. The Balaban J connectivity index is 2.30. The van der Waals surface area contributed by atoms with Crippen LogP contribution in [0, 0.1) is 0 Å². The molecule has 0 aliphatic carbocycles. The van der Waals surface area contributed by atoms with Crippen LogP contribution < -0.4 is 11.1 Å². The molecule has 0 radical (unpaired) electrons. The number of nitrogen functional groups attached to an aromatic ring is 1. The fourth-order valence-corrected chi connectivity index (χ4v) is 2.04. The summed E-state index contributed by atoms with van der Waals surface area (Å²) in [5.74, 6) is 0.603. The molecule has 0 fully saturated rings. The Kier molecular flexibility index (Phi) is 3.07. The summed E-state index contributed by atoms with van der Waals surface area (Å²) in [6, 6.07) is 5.57. The van der Waals surface area contributed by atoms with Crippen LogP contribution in [0.15, 0.2) is 28.9 Å². The number of anilines is 3. The topological polar surface area (TPSA) is 55.9 Å². The zero-order valence-corrected chi connectivity index (χ0v) is 10.9. The molecule has 16 heavy (non-hydrogen) atoms. The minimum Gasteiger partial charge on any atom is -0.394 e. The Hall–Kier alpha value is -1.20. The fourth-order valence-electron chi connectivity index (χ4n) is 1.32. The van der Waals surface area contributed by atoms with Crippen molar-refractivity contribution >= 4 is 44.7 Å².